The topological polar surface area (TPSA) is 85.6 Å². The first kappa shape index (κ1) is 17.8. The van der Waals surface area contributed by atoms with Gasteiger partial charge in [0, 0.05) is 0 Å². The summed E-state index contributed by atoms with van der Waals surface area (Å²) in [5.74, 6) is -0.131. The maximum Gasteiger partial charge on any atom is 0.519 e. The van der Waals surface area contributed by atoms with Crippen LogP contribution in [-0.4, -0.2) is 18.7 Å². The highest BCUT2D eigenvalue weighted by Crippen LogP contribution is 2.18. The molecule has 0 aromatic heterocycles. The number of hydrogen-bond donors (Lipinski definition) is 0. The monoisotopic (exact) mass is 337 g/mol. The van der Waals surface area contributed by atoms with Crippen LogP contribution < -0.4 is 9.47 Å². The summed E-state index contributed by atoms with van der Waals surface area (Å²) in [6.07, 6.45) is 0.464. The zero-order chi connectivity index (χ0) is 18.1. The van der Waals surface area contributed by atoms with Crippen LogP contribution >= 0.6 is 0 Å². The van der Waals surface area contributed by atoms with Crippen molar-refractivity contribution >= 4 is 18.2 Å². The highest BCUT2D eigenvalue weighted by atomic mass is 16.7. The van der Waals surface area contributed by atoms with Gasteiger partial charge in [-0.2, -0.15) is 5.26 Å². The third kappa shape index (κ3) is 5.52. The highest BCUT2D eigenvalue weighted by Gasteiger charge is 2.11. The molecule has 0 N–H and O–H groups in total. The Bertz CT molecular complexity index is 821. The average molecular weight is 337 g/mol. The van der Waals surface area contributed by atoms with Gasteiger partial charge in [-0.1, -0.05) is 30.3 Å². The van der Waals surface area contributed by atoms with E-state index in [9.17, 15) is 9.59 Å². The third-order valence-electron chi connectivity index (χ3n) is 2.93. The van der Waals surface area contributed by atoms with Crippen molar-refractivity contribution < 1.29 is 23.8 Å². The van der Waals surface area contributed by atoms with E-state index >= 15 is 0 Å². The van der Waals surface area contributed by atoms with E-state index < -0.39 is 12.1 Å². The molecule has 0 saturated heterocycles. The minimum Gasteiger partial charge on any atom is -0.462 e. The van der Waals surface area contributed by atoms with E-state index in [-0.39, 0.29) is 17.9 Å². The molecule has 0 saturated carbocycles. The molecule has 0 spiro atoms. The normalized spacial score (nSPS) is 10.5. The Kier molecular flexibility index (Phi) is 6.32. The quantitative estimate of drug-likeness (QED) is 0.358. The summed E-state index contributed by atoms with van der Waals surface area (Å²) in [5, 5.41) is 9.04. The molecule has 0 amide bonds. The Hall–Kier alpha value is -3.59. The number of ether oxygens (including phenoxy) is 3. The molecule has 0 aliphatic rings. The second-order valence-electron chi connectivity index (χ2n) is 4.73. The molecule has 0 heterocycles. The van der Waals surface area contributed by atoms with Crippen molar-refractivity contribution in [2.75, 3.05) is 6.61 Å². The number of para-hydroxylation sites is 1. The molecule has 0 radical (unpaired) electrons. The van der Waals surface area contributed by atoms with E-state index in [1.165, 1.54) is 12.1 Å². The molecule has 25 heavy (non-hydrogen) atoms. The fourth-order valence-electron chi connectivity index (χ4n) is 1.88. The maximum atomic E-state index is 11.8. The molecule has 0 fully saturated rings. The predicted molar refractivity (Wildman–Crippen MR) is 89.8 cm³/mol. The largest absolute Gasteiger partial charge is 0.519 e. The standard InChI is InChI=1S/C19H15NO5/c1-2-23-18(21)15(13-20)11-14-7-6-10-17(12-14)25-19(22)24-16-8-4-3-5-9-16/h3-12H,2H2,1H3/b15-11+. The average Bonchev–Trinajstić information content (AvgIpc) is 2.61. The lowest BCUT2D eigenvalue weighted by Crippen LogP contribution is -2.13. The van der Waals surface area contributed by atoms with Gasteiger partial charge in [-0.25, -0.2) is 9.59 Å². The van der Waals surface area contributed by atoms with Crippen LogP contribution in [0.2, 0.25) is 0 Å². The number of nitrogens with zero attached hydrogens (tertiary/aromatic N) is 1. The van der Waals surface area contributed by atoms with Crippen molar-refractivity contribution in [2.24, 2.45) is 0 Å². The summed E-state index contributed by atoms with van der Waals surface area (Å²) in [6, 6.07) is 16.6. The first-order valence-electron chi connectivity index (χ1n) is 7.46. The van der Waals surface area contributed by atoms with E-state index in [1.807, 2.05) is 0 Å². The molecule has 2 rings (SSSR count). The highest BCUT2D eigenvalue weighted by molar-refractivity contribution is 5.97. The molecule has 0 bridgehead atoms. The van der Waals surface area contributed by atoms with Crippen LogP contribution in [0.5, 0.6) is 11.5 Å². The smallest absolute Gasteiger partial charge is 0.462 e. The van der Waals surface area contributed by atoms with Crippen LogP contribution in [0.15, 0.2) is 60.2 Å². The van der Waals surface area contributed by atoms with Gasteiger partial charge in [0.2, 0.25) is 0 Å². The van der Waals surface area contributed by atoms with Crippen molar-refractivity contribution in [1.82, 2.24) is 0 Å². The lowest BCUT2D eigenvalue weighted by molar-refractivity contribution is -0.137. The fourth-order valence-corrected chi connectivity index (χ4v) is 1.88. The van der Waals surface area contributed by atoms with Crippen LogP contribution in [0.3, 0.4) is 0 Å². The molecular weight excluding hydrogens is 322 g/mol. The number of nitriles is 1. The summed E-state index contributed by atoms with van der Waals surface area (Å²) in [5.41, 5.74) is 0.362. The first-order chi connectivity index (χ1) is 12.1. The van der Waals surface area contributed by atoms with Crippen LogP contribution in [0.4, 0.5) is 4.79 Å². The van der Waals surface area contributed by atoms with Crippen LogP contribution in [0, 0.1) is 11.3 Å². The molecule has 0 unspecified atom stereocenters. The number of carbonyl (C=O) groups is 2. The van der Waals surface area contributed by atoms with Crippen LogP contribution in [0.25, 0.3) is 6.08 Å². The Morgan fingerprint density at radius 2 is 1.72 bits per heavy atom. The summed E-state index contributed by atoms with van der Waals surface area (Å²) in [4.78, 5) is 23.4. The van der Waals surface area contributed by atoms with Crippen molar-refractivity contribution in [3.8, 4) is 17.6 Å². The maximum absolute atomic E-state index is 11.8. The lowest BCUT2D eigenvalue weighted by Gasteiger charge is -2.06. The van der Waals surface area contributed by atoms with Crippen molar-refractivity contribution in [3.63, 3.8) is 0 Å². The molecule has 2 aromatic carbocycles. The summed E-state index contributed by atoms with van der Waals surface area (Å²) < 4.78 is 14.9. The fraction of sp³-hybridized carbons (Fsp3) is 0.105. The van der Waals surface area contributed by atoms with Crippen LogP contribution in [-0.2, 0) is 9.53 Å². The minimum absolute atomic E-state index is 0.147. The Labute approximate surface area is 144 Å². The van der Waals surface area contributed by atoms with E-state index in [0.717, 1.165) is 0 Å². The number of rotatable bonds is 5. The first-order valence-corrected chi connectivity index (χ1v) is 7.46. The van der Waals surface area contributed by atoms with E-state index in [1.54, 1.807) is 61.5 Å². The van der Waals surface area contributed by atoms with Crippen molar-refractivity contribution in [1.29, 1.82) is 5.26 Å². The second kappa shape index (κ2) is 8.89. The van der Waals surface area contributed by atoms with Gasteiger partial charge in [0.15, 0.2) is 0 Å². The molecule has 6 nitrogen and oxygen atoms in total. The van der Waals surface area contributed by atoms with E-state index in [4.69, 9.17) is 19.5 Å². The zero-order valence-corrected chi connectivity index (χ0v) is 13.5. The van der Waals surface area contributed by atoms with Gasteiger partial charge < -0.3 is 14.2 Å². The molecule has 0 aliphatic carbocycles. The molecule has 0 atom stereocenters. The van der Waals surface area contributed by atoms with Gasteiger partial charge in [0.1, 0.15) is 23.1 Å². The zero-order valence-electron chi connectivity index (χ0n) is 13.5. The van der Waals surface area contributed by atoms with Crippen molar-refractivity contribution in [3.05, 3.63) is 65.7 Å². The minimum atomic E-state index is -0.891. The van der Waals surface area contributed by atoms with Gasteiger partial charge in [-0.05, 0) is 42.8 Å². The lowest BCUT2D eigenvalue weighted by atomic mass is 10.1. The molecular formula is C19H15NO5. The van der Waals surface area contributed by atoms with Gasteiger partial charge in [-0.15, -0.1) is 0 Å². The van der Waals surface area contributed by atoms with Crippen LogP contribution in [0.1, 0.15) is 12.5 Å². The third-order valence-corrected chi connectivity index (χ3v) is 2.93. The summed E-state index contributed by atoms with van der Waals surface area (Å²) in [6.45, 7) is 1.83. The molecule has 6 heteroatoms. The number of hydrogen-bond acceptors (Lipinski definition) is 6. The Balaban J connectivity index is 2.09. The molecule has 2 aromatic rings. The number of carbonyl (C=O) groups excluding carboxylic acids is 2. The number of esters is 1. The predicted octanol–water partition coefficient (Wildman–Crippen LogP) is 3.73. The number of benzene rings is 2. The Morgan fingerprint density at radius 1 is 1.04 bits per heavy atom. The second-order valence-corrected chi connectivity index (χ2v) is 4.73. The SMILES string of the molecule is CCOC(=O)/C(C#N)=C/c1cccc(OC(=O)Oc2ccccc2)c1. The molecule has 126 valence electrons. The van der Waals surface area contributed by atoms with E-state index in [2.05, 4.69) is 0 Å². The van der Waals surface area contributed by atoms with Crippen molar-refractivity contribution in [2.45, 2.75) is 6.92 Å². The van der Waals surface area contributed by atoms with Gasteiger partial charge in [0.05, 0.1) is 6.61 Å². The Morgan fingerprint density at radius 3 is 2.40 bits per heavy atom. The van der Waals surface area contributed by atoms with Gasteiger partial charge in [0.25, 0.3) is 0 Å². The molecule has 0 aliphatic heterocycles. The summed E-state index contributed by atoms with van der Waals surface area (Å²) in [7, 11) is 0. The summed E-state index contributed by atoms with van der Waals surface area (Å²) >= 11 is 0. The van der Waals surface area contributed by atoms with Gasteiger partial charge >= 0.3 is 12.1 Å². The van der Waals surface area contributed by atoms with E-state index in [0.29, 0.717) is 11.3 Å². The van der Waals surface area contributed by atoms with Gasteiger partial charge in [-0.3, -0.25) is 0 Å².